The lowest BCUT2D eigenvalue weighted by atomic mass is 10.1. The third-order valence-electron chi connectivity index (χ3n) is 4.60. The van der Waals surface area contributed by atoms with Gasteiger partial charge in [0.15, 0.2) is 0 Å². The van der Waals surface area contributed by atoms with Crippen LogP contribution in [0.4, 0.5) is 11.4 Å². The third-order valence-corrected chi connectivity index (χ3v) is 6.61. The third kappa shape index (κ3) is 3.71. The first-order chi connectivity index (χ1) is 12.4. The maximum atomic E-state index is 13.1. The summed E-state index contributed by atoms with van der Waals surface area (Å²) < 4.78 is 27.5. The Labute approximate surface area is 152 Å². The number of hydrogen-bond acceptors (Lipinski definition) is 5. The van der Waals surface area contributed by atoms with Crippen LogP contribution in [0.2, 0.25) is 0 Å². The van der Waals surface area contributed by atoms with Gasteiger partial charge in [0.2, 0.25) is 10.0 Å². The van der Waals surface area contributed by atoms with Gasteiger partial charge in [-0.2, -0.15) is 4.31 Å². The van der Waals surface area contributed by atoms with Crippen LogP contribution in [0.1, 0.15) is 18.4 Å². The SMILES string of the molecule is Cc1c([N+](=O)[O-])cccc1S(=O)(=O)N1CCC[C@@H](Nc2ccccc2)C1. The van der Waals surface area contributed by atoms with Gasteiger partial charge in [-0.3, -0.25) is 10.1 Å². The first-order valence-corrected chi connectivity index (χ1v) is 9.89. The van der Waals surface area contributed by atoms with Crippen molar-refractivity contribution in [2.45, 2.75) is 30.7 Å². The molecule has 2 aromatic carbocycles. The maximum absolute atomic E-state index is 13.1. The topological polar surface area (TPSA) is 92.5 Å². The predicted octanol–water partition coefficient (Wildman–Crippen LogP) is 3.17. The van der Waals surface area contributed by atoms with E-state index in [4.69, 9.17) is 0 Å². The molecule has 1 saturated heterocycles. The highest BCUT2D eigenvalue weighted by molar-refractivity contribution is 7.89. The van der Waals surface area contributed by atoms with Gasteiger partial charge >= 0.3 is 0 Å². The molecule has 7 nitrogen and oxygen atoms in total. The zero-order chi connectivity index (χ0) is 18.7. The van der Waals surface area contributed by atoms with Gasteiger partial charge in [-0.25, -0.2) is 8.42 Å². The number of nitro groups is 1. The number of sulfonamides is 1. The second kappa shape index (κ2) is 7.43. The van der Waals surface area contributed by atoms with E-state index in [9.17, 15) is 18.5 Å². The fraction of sp³-hybridized carbons (Fsp3) is 0.333. The van der Waals surface area contributed by atoms with Gasteiger partial charge in [0.1, 0.15) is 0 Å². The van der Waals surface area contributed by atoms with E-state index in [-0.39, 0.29) is 22.2 Å². The molecular formula is C18H21N3O4S. The van der Waals surface area contributed by atoms with E-state index >= 15 is 0 Å². The molecule has 0 radical (unpaired) electrons. The number of piperidine rings is 1. The molecule has 0 bridgehead atoms. The number of nitro benzene ring substituents is 1. The van der Waals surface area contributed by atoms with Crippen LogP contribution in [-0.4, -0.2) is 36.8 Å². The number of nitrogens with one attached hydrogen (secondary N) is 1. The normalized spacial score (nSPS) is 18.4. The molecule has 0 spiro atoms. The Morgan fingerprint density at radius 3 is 2.58 bits per heavy atom. The van der Waals surface area contributed by atoms with Crippen molar-refractivity contribution in [1.29, 1.82) is 0 Å². The summed E-state index contributed by atoms with van der Waals surface area (Å²) in [7, 11) is -3.79. The minimum atomic E-state index is -3.79. The van der Waals surface area contributed by atoms with E-state index < -0.39 is 14.9 Å². The summed E-state index contributed by atoms with van der Waals surface area (Å²) in [6.07, 6.45) is 1.60. The van der Waals surface area contributed by atoms with Crippen molar-refractivity contribution < 1.29 is 13.3 Å². The molecule has 0 aromatic heterocycles. The molecular weight excluding hydrogens is 354 g/mol. The van der Waals surface area contributed by atoms with Gasteiger partial charge < -0.3 is 5.32 Å². The molecule has 0 unspecified atom stereocenters. The Bertz CT molecular complexity index is 900. The summed E-state index contributed by atoms with van der Waals surface area (Å²) in [6.45, 7) is 2.23. The predicted molar refractivity (Wildman–Crippen MR) is 99.7 cm³/mol. The van der Waals surface area contributed by atoms with Crippen molar-refractivity contribution in [3.05, 3.63) is 64.2 Å². The van der Waals surface area contributed by atoms with Gasteiger partial charge in [0.25, 0.3) is 5.69 Å². The number of benzene rings is 2. The number of hydrogen-bond donors (Lipinski definition) is 1. The van der Waals surface area contributed by atoms with Crippen molar-refractivity contribution in [2.24, 2.45) is 0 Å². The largest absolute Gasteiger partial charge is 0.381 e. The summed E-state index contributed by atoms with van der Waals surface area (Å²) in [5, 5.41) is 14.5. The Morgan fingerprint density at radius 2 is 1.88 bits per heavy atom. The van der Waals surface area contributed by atoms with E-state index in [1.807, 2.05) is 30.3 Å². The van der Waals surface area contributed by atoms with Crippen LogP contribution < -0.4 is 5.32 Å². The zero-order valence-corrected chi connectivity index (χ0v) is 15.3. The second-order valence-electron chi connectivity index (χ2n) is 6.37. The summed E-state index contributed by atoms with van der Waals surface area (Å²) >= 11 is 0. The van der Waals surface area contributed by atoms with Gasteiger partial charge in [0.05, 0.1) is 9.82 Å². The van der Waals surface area contributed by atoms with Crippen LogP contribution >= 0.6 is 0 Å². The molecule has 0 aliphatic carbocycles. The fourth-order valence-electron chi connectivity index (χ4n) is 3.27. The lowest BCUT2D eigenvalue weighted by Crippen LogP contribution is -2.45. The average molecular weight is 375 g/mol. The average Bonchev–Trinajstić information content (AvgIpc) is 2.62. The van der Waals surface area contributed by atoms with Crippen LogP contribution in [0.3, 0.4) is 0 Å². The Kier molecular flexibility index (Phi) is 5.24. The molecule has 1 atom stereocenters. The zero-order valence-electron chi connectivity index (χ0n) is 14.5. The molecule has 1 aliphatic heterocycles. The monoisotopic (exact) mass is 375 g/mol. The quantitative estimate of drug-likeness (QED) is 0.640. The molecule has 1 aliphatic rings. The maximum Gasteiger partial charge on any atom is 0.273 e. The highest BCUT2D eigenvalue weighted by atomic mass is 32.2. The lowest BCUT2D eigenvalue weighted by Gasteiger charge is -2.33. The van der Waals surface area contributed by atoms with E-state index in [1.165, 1.54) is 29.4 Å². The molecule has 26 heavy (non-hydrogen) atoms. The minimum absolute atomic E-state index is 0.0000656. The first-order valence-electron chi connectivity index (χ1n) is 8.45. The van der Waals surface area contributed by atoms with Crippen LogP contribution in [-0.2, 0) is 10.0 Å². The van der Waals surface area contributed by atoms with E-state index in [0.29, 0.717) is 13.1 Å². The molecule has 1 fully saturated rings. The van der Waals surface area contributed by atoms with Crippen LogP contribution in [0.15, 0.2) is 53.4 Å². The van der Waals surface area contributed by atoms with Crippen molar-refractivity contribution in [3.63, 3.8) is 0 Å². The van der Waals surface area contributed by atoms with Crippen molar-refractivity contribution in [3.8, 4) is 0 Å². The Balaban J connectivity index is 1.83. The standard InChI is InChI=1S/C18H21N3O4S/c1-14-17(21(22)23)10-5-11-18(14)26(24,25)20-12-6-9-16(13-20)19-15-7-3-2-4-8-15/h2-5,7-8,10-11,16,19H,6,9,12-13H2,1H3/t16-/m1/s1. The summed E-state index contributed by atoms with van der Waals surface area (Å²) in [5.74, 6) is 0. The summed E-state index contributed by atoms with van der Waals surface area (Å²) in [6, 6.07) is 13.8. The minimum Gasteiger partial charge on any atom is -0.381 e. The van der Waals surface area contributed by atoms with E-state index in [2.05, 4.69) is 5.32 Å². The molecule has 1 heterocycles. The van der Waals surface area contributed by atoms with Crippen molar-refractivity contribution >= 4 is 21.4 Å². The summed E-state index contributed by atoms with van der Waals surface area (Å²) in [4.78, 5) is 10.6. The van der Waals surface area contributed by atoms with E-state index in [1.54, 1.807) is 0 Å². The molecule has 0 amide bonds. The molecule has 0 saturated carbocycles. The number of rotatable bonds is 5. The molecule has 2 aromatic rings. The Hall–Kier alpha value is -2.45. The molecule has 1 N–H and O–H groups in total. The molecule has 3 rings (SSSR count). The second-order valence-corrected chi connectivity index (χ2v) is 8.28. The van der Waals surface area contributed by atoms with Gasteiger partial charge in [-0.1, -0.05) is 24.3 Å². The van der Waals surface area contributed by atoms with E-state index in [0.717, 1.165) is 18.5 Å². The number of nitrogens with zero attached hydrogens (tertiary/aromatic N) is 2. The number of anilines is 1. The first kappa shape index (κ1) is 18.3. The number of para-hydroxylation sites is 1. The highest BCUT2D eigenvalue weighted by Gasteiger charge is 2.32. The van der Waals surface area contributed by atoms with Crippen LogP contribution in [0, 0.1) is 17.0 Å². The molecule has 8 heteroatoms. The van der Waals surface area contributed by atoms with Gasteiger partial charge in [-0.05, 0) is 38.0 Å². The van der Waals surface area contributed by atoms with Crippen molar-refractivity contribution in [2.75, 3.05) is 18.4 Å². The summed E-state index contributed by atoms with van der Waals surface area (Å²) in [5.41, 5.74) is 0.945. The van der Waals surface area contributed by atoms with Gasteiger partial charge in [0, 0.05) is 36.4 Å². The Morgan fingerprint density at radius 1 is 1.15 bits per heavy atom. The van der Waals surface area contributed by atoms with Crippen LogP contribution in [0.5, 0.6) is 0 Å². The lowest BCUT2D eigenvalue weighted by molar-refractivity contribution is -0.385. The fourth-order valence-corrected chi connectivity index (χ4v) is 5.03. The van der Waals surface area contributed by atoms with Crippen LogP contribution in [0.25, 0.3) is 0 Å². The smallest absolute Gasteiger partial charge is 0.273 e. The highest BCUT2D eigenvalue weighted by Crippen LogP contribution is 2.29. The molecule has 138 valence electrons. The van der Waals surface area contributed by atoms with Crippen molar-refractivity contribution in [1.82, 2.24) is 4.31 Å². The van der Waals surface area contributed by atoms with Gasteiger partial charge in [-0.15, -0.1) is 0 Å².